The molecule has 1 fully saturated rings. The molecule has 0 spiro atoms. The molecule has 10 heteroatoms. The van der Waals surface area contributed by atoms with E-state index in [4.69, 9.17) is 4.74 Å². The van der Waals surface area contributed by atoms with Crippen LogP contribution in [0.3, 0.4) is 0 Å². The van der Waals surface area contributed by atoms with Gasteiger partial charge in [0.2, 0.25) is 0 Å². The Morgan fingerprint density at radius 3 is 2.36 bits per heavy atom. The van der Waals surface area contributed by atoms with Crippen LogP contribution in [-0.2, 0) is 11.3 Å². The van der Waals surface area contributed by atoms with Gasteiger partial charge in [0, 0.05) is 38.9 Å². The number of hydrogen-bond acceptors (Lipinski definition) is 4. The van der Waals surface area contributed by atoms with Gasteiger partial charge < -0.3 is 30.9 Å². The molecule has 1 saturated heterocycles. The summed E-state index contributed by atoms with van der Waals surface area (Å²) in [5.74, 6) is 0.607. The molecule has 0 bridgehead atoms. The number of aliphatic imine (C=N–C) groups is 1. The first kappa shape index (κ1) is 28.8. The van der Waals surface area contributed by atoms with E-state index < -0.39 is 17.2 Å². The highest BCUT2D eigenvalue weighted by atomic mass is 127. The first-order valence-electron chi connectivity index (χ1n) is 11.1. The van der Waals surface area contributed by atoms with Crippen molar-refractivity contribution in [3.05, 3.63) is 29.8 Å². The van der Waals surface area contributed by atoms with Crippen molar-refractivity contribution in [1.82, 2.24) is 20.9 Å². The predicted octanol–water partition coefficient (Wildman–Crippen LogP) is 3.90. The largest absolute Gasteiger partial charge is 0.444 e. The van der Waals surface area contributed by atoms with E-state index in [1.54, 1.807) is 7.05 Å². The number of likely N-dealkylation sites (tertiary alicyclic amines) is 1. The molecule has 0 unspecified atom stereocenters. The van der Waals surface area contributed by atoms with Gasteiger partial charge in [-0.05, 0) is 65.2 Å². The van der Waals surface area contributed by atoms with Crippen LogP contribution in [-0.4, -0.2) is 60.8 Å². The van der Waals surface area contributed by atoms with E-state index in [2.05, 4.69) is 26.3 Å². The zero-order chi connectivity index (χ0) is 23.8. The average Bonchev–Trinajstić information content (AvgIpc) is 3.21. The third-order valence-electron chi connectivity index (χ3n) is 4.79. The number of halogens is 1. The number of rotatable bonds is 6. The van der Waals surface area contributed by atoms with Gasteiger partial charge in [0.1, 0.15) is 5.60 Å². The fourth-order valence-electron chi connectivity index (χ4n) is 3.22. The fraction of sp³-hybridized carbons (Fsp3) is 0.609. The zero-order valence-corrected chi connectivity index (χ0v) is 22.9. The number of carbonyl (C=O) groups excluding carboxylic acids is 2. The minimum atomic E-state index is -0.548. The van der Waals surface area contributed by atoms with Crippen molar-refractivity contribution in [3.63, 3.8) is 0 Å². The summed E-state index contributed by atoms with van der Waals surface area (Å²) in [7, 11) is 1.69. The van der Waals surface area contributed by atoms with E-state index in [1.807, 2.05) is 63.8 Å². The van der Waals surface area contributed by atoms with Gasteiger partial charge in [-0.3, -0.25) is 4.99 Å². The number of ether oxygens (including phenoxy) is 1. The Morgan fingerprint density at radius 1 is 1.09 bits per heavy atom. The highest BCUT2D eigenvalue weighted by Gasteiger charge is 2.24. The summed E-state index contributed by atoms with van der Waals surface area (Å²) in [6, 6.07) is 7.68. The number of guanidine groups is 1. The lowest BCUT2D eigenvalue weighted by atomic mass is 10.1. The Kier molecular flexibility index (Phi) is 11.2. The molecule has 0 aromatic heterocycles. The standard InChI is InChI=1S/C23H38N6O3.HI/c1-22(2,3)32-21(31)28-23(4,5)16-26-19(24-6)25-15-17-10-9-11-18(14-17)27-20(30)29-12-7-8-13-29;/h9-11,14H,7-8,12-13,15-16H2,1-6H3,(H,27,30)(H,28,31)(H2,24,25,26);1H. The lowest BCUT2D eigenvalue weighted by Crippen LogP contribution is -2.54. The Hall–Kier alpha value is -2.24. The topological polar surface area (TPSA) is 107 Å². The van der Waals surface area contributed by atoms with Gasteiger partial charge in [0.15, 0.2) is 5.96 Å². The number of benzene rings is 1. The second-order valence-electron chi connectivity index (χ2n) is 9.61. The molecule has 4 N–H and O–H groups in total. The summed E-state index contributed by atoms with van der Waals surface area (Å²) in [6.45, 7) is 11.9. The summed E-state index contributed by atoms with van der Waals surface area (Å²) < 4.78 is 5.33. The van der Waals surface area contributed by atoms with Crippen LogP contribution in [0.2, 0.25) is 0 Å². The Labute approximate surface area is 214 Å². The van der Waals surface area contributed by atoms with Crippen molar-refractivity contribution in [2.24, 2.45) is 4.99 Å². The second-order valence-corrected chi connectivity index (χ2v) is 9.61. The first-order valence-corrected chi connectivity index (χ1v) is 11.1. The smallest absolute Gasteiger partial charge is 0.408 e. The van der Waals surface area contributed by atoms with Gasteiger partial charge in [-0.25, -0.2) is 9.59 Å². The van der Waals surface area contributed by atoms with E-state index in [9.17, 15) is 9.59 Å². The lowest BCUT2D eigenvalue weighted by Gasteiger charge is -2.29. The number of carbonyl (C=O) groups is 2. The van der Waals surface area contributed by atoms with Gasteiger partial charge in [0.25, 0.3) is 0 Å². The summed E-state index contributed by atoms with van der Waals surface area (Å²) in [6.07, 6.45) is 1.67. The quantitative estimate of drug-likeness (QED) is 0.234. The van der Waals surface area contributed by atoms with Crippen LogP contribution in [0.5, 0.6) is 0 Å². The highest BCUT2D eigenvalue weighted by molar-refractivity contribution is 14.0. The second kappa shape index (κ2) is 12.9. The van der Waals surface area contributed by atoms with Crippen LogP contribution >= 0.6 is 24.0 Å². The lowest BCUT2D eigenvalue weighted by molar-refractivity contribution is 0.0474. The van der Waals surface area contributed by atoms with Crippen molar-refractivity contribution < 1.29 is 14.3 Å². The molecule has 1 aliphatic rings. The fourth-order valence-corrected chi connectivity index (χ4v) is 3.22. The maximum absolute atomic E-state index is 12.3. The molecular formula is C23H39IN6O3. The predicted molar refractivity (Wildman–Crippen MR) is 143 cm³/mol. The summed E-state index contributed by atoms with van der Waals surface area (Å²) in [4.78, 5) is 30.4. The highest BCUT2D eigenvalue weighted by Crippen LogP contribution is 2.14. The van der Waals surface area contributed by atoms with Gasteiger partial charge in [-0.1, -0.05) is 12.1 Å². The molecule has 1 aromatic carbocycles. The minimum Gasteiger partial charge on any atom is -0.444 e. The van der Waals surface area contributed by atoms with Gasteiger partial charge >= 0.3 is 12.1 Å². The molecule has 1 aromatic rings. The number of alkyl carbamates (subject to hydrolysis) is 1. The van der Waals surface area contributed by atoms with Crippen molar-refractivity contribution in [2.45, 2.75) is 65.1 Å². The maximum atomic E-state index is 12.3. The van der Waals surface area contributed by atoms with Crippen LogP contribution in [0.1, 0.15) is 53.0 Å². The molecule has 0 saturated carbocycles. The van der Waals surface area contributed by atoms with Gasteiger partial charge in [-0.15, -0.1) is 24.0 Å². The van der Waals surface area contributed by atoms with Crippen LogP contribution in [0.15, 0.2) is 29.3 Å². The molecule has 0 atom stereocenters. The van der Waals surface area contributed by atoms with E-state index in [0.29, 0.717) is 19.0 Å². The van der Waals surface area contributed by atoms with Crippen LogP contribution in [0, 0.1) is 0 Å². The number of hydrogen-bond donors (Lipinski definition) is 4. The molecule has 3 amide bonds. The average molecular weight is 575 g/mol. The third kappa shape index (κ3) is 11.0. The molecule has 1 heterocycles. The molecule has 0 radical (unpaired) electrons. The third-order valence-corrected chi connectivity index (χ3v) is 4.79. The van der Waals surface area contributed by atoms with E-state index in [0.717, 1.165) is 37.2 Å². The first-order chi connectivity index (χ1) is 15.0. The molecule has 9 nitrogen and oxygen atoms in total. The maximum Gasteiger partial charge on any atom is 0.408 e. The van der Waals surface area contributed by atoms with Gasteiger partial charge in [-0.2, -0.15) is 0 Å². The monoisotopic (exact) mass is 574 g/mol. The summed E-state index contributed by atoms with van der Waals surface area (Å²) in [5.41, 5.74) is 0.693. The van der Waals surface area contributed by atoms with Crippen LogP contribution in [0.4, 0.5) is 15.3 Å². The number of nitrogens with one attached hydrogen (secondary N) is 4. The Morgan fingerprint density at radius 2 is 1.76 bits per heavy atom. The van der Waals surface area contributed by atoms with E-state index in [-0.39, 0.29) is 30.0 Å². The number of nitrogens with zero attached hydrogens (tertiary/aromatic N) is 2. The van der Waals surface area contributed by atoms with Crippen LogP contribution < -0.4 is 21.3 Å². The summed E-state index contributed by atoms with van der Waals surface area (Å²) in [5, 5.41) is 12.3. The zero-order valence-electron chi connectivity index (χ0n) is 20.6. The van der Waals surface area contributed by atoms with E-state index >= 15 is 0 Å². The van der Waals surface area contributed by atoms with Gasteiger partial charge in [0.05, 0.1) is 5.54 Å². The Bertz CT molecular complexity index is 817. The Balaban J connectivity index is 0.00000544. The summed E-state index contributed by atoms with van der Waals surface area (Å²) >= 11 is 0. The molecule has 1 aliphatic heterocycles. The van der Waals surface area contributed by atoms with E-state index in [1.165, 1.54) is 0 Å². The normalized spacial score (nSPS) is 14.2. The minimum absolute atomic E-state index is 0. The van der Waals surface area contributed by atoms with Crippen molar-refractivity contribution in [3.8, 4) is 0 Å². The van der Waals surface area contributed by atoms with Crippen LogP contribution in [0.25, 0.3) is 0 Å². The molecule has 186 valence electrons. The molecule has 0 aliphatic carbocycles. The number of amides is 3. The van der Waals surface area contributed by atoms with Crippen molar-refractivity contribution in [2.75, 3.05) is 32.0 Å². The number of urea groups is 1. The molecular weight excluding hydrogens is 535 g/mol. The molecule has 2 rings (SSSR count). The van der Waals surface area contributed by atoms with Crippen molar-refractivity contribution >= 4 is 47.7 Å². The SMILES string of the molecule is CN=C(NCc1cccc(NC(=O)N2CCCC2)c1)NCC(C)(C)NC(=O)OC(C)(C)C.I. The van der Waals surface area contributed by atoms with Crippen molar-refractivity contribution in [1.29, 1.82) is 0 Å². The molecule has 33 heavy (non-hydrogen) atoms. The number of anilines is 1.